The maximum absolute atomic E-state index is 12.8. The van der Waals surface area contributed by atoms with E-state index in [4.69, 9.17) is 4.74 Å². The number of ether oxygens (including phenoxy) is 2. The number of alkyl carbamates (subject to hydrolysis) is 1. The first-order valence-electron chi connectivity index (χ1n) is 9.25. The molecule has 0 bridgehead atoms. The van der Waals surface area contributed by atoms with Crippen LogP contribution in [0.3, 0.4) is 0 Å². The van der Waals surface area contributed by atoms with Crippen LogP contribution in [0.15, 0.2) is 24.3 Å². The largest absolute Gasteiger partial charge is 0.508 e. The number of carbonyl (C=O) groups is 4. The molecule has 0 aliphatic carbocycles. The number of phenolic OH excluding ortho intramolecular Hbond substituents is 1. The highest BCUT2D eigenvalue weighted by Crippen LogP contribution is 2.24. The van der Waals surface area contributed by atoms with Gasteiger partial charge in [-0.05, 0) is 38.5 Å². The molecule has 1 unspecified atom stereocenters. The summed E-state index contributed by atoms with van der Waals surface area (Å²) in [6.45, 7) is 3.45. The SMILES string of the molecule is COC(=O)CNC(=O)C(c1cccc(O)c1)N(CC#N)C(=O)CNC(=O)OC(C)(C)C. The molecule has 168 valence electrons. The highest BCUT2D eigenvalue weighted by molar-refractivity contribution is 5.92. The summed E-state index contributed by atoms with van der Waals surface area (Å²) in [7, 11) is 1.15. The molecule has 0 radical (unpaired) electrons. The summed E-state index contributed by atoms with van der Waals surface area (Å²) in [6, 6.07) is 5.99. The zero-order valence-electron chi connectivity index (χ0n) is 17.8. The Bertz CT molecular complexity index is 858. The average Bonchev–Trinajstić information content (AvgIpc) is 2.68. The molecule has 0 aliphatic rings. The second-order valence-corrected chi connectivity index (χ2v) is 7.33. The predicted molar refractivity (Wildman–Crippen MR) is 107 cm³/mol. The lowest BCUT2D eigenvalue weighted by molar-refractivity contribution is -0.143. The third-order valence-corrected chi connectivity index (χ3v) is 3.72. The first-order valence-corrected chi connectivity index (χ1v) is 9.25. The lowest BCUT2D eigenvalue weighted by Gasteiger charge is -2.29. The van der Waals surface area contributed by atoms with Crippen LogP contribution in [0.5, 0.6) is 5.75 Å². The van der Waals surface area contributed by atoms with Crippen LogP contribution in [0.2, 0.25) is 0 Å². The molecule has 3 N–H and O–H groups in total. The Morgan fingerprint density at radius 1 is 1.19 bits per heavy atom. The average molecular weight is 434 g/mol. The van der Waals surface area contributed by atoms with Crippen LogP contribution in [0, 0.1) is 11.3 Å². The number of hydrogen-bond acceptors (Lipinski definition) is 8. The van der Waals surface area contributed by atoms with Gasteiger partial charge in [-0.25, -0.2) is 4.79 Å². The number of aromatic hydroxyl groups is 1. The molecule has 1 aromatic rings. The molecule has 31 heavy (non-hydrogen) atoms. The summed E-state index contributed by atoms with van der Waals surface area (Å²) in [6.07, 6.45) is -0.846. The molecular formula is C20H26N4O7. The molecule has 0 spiro atoms. The summed E-state index contributed by atoms with van der Waals surface area (Å²) in [5, 5.41) is 23.6. The van der Waals surface area contributed by atoms with Crippen molar-refractivity contribution in [2.24, 2.45) is 0 Å². The third-order valence-electron chi connectivity index (χ3n) is 3.72. The Hall–Kier alpha value is -3.81. The van der Waals surface area contributed by atoms with Gasteiger partial charge in [0, 0.05) is 0 Å². The number of methoxy groups -OCH3 is 1. The van der Waals surface area contributed by atoms with Crippen molar-refractivity contribution < 1.29 is 33.8 Å². The van der Waals surface area contributed by atoms with Gasteiger partial charge in [0.2, 0.25) is 11.8 Å². The van der Waals surface area contributed by atoms with Crippen LogP contribution >= 0.6 is 0 Å². The molecule has 0 saturated carbocycles. The fourth-order valence-corrected chi connectivity index (χ4v) is 2.46. The van der Waals surface area contributed by atoms with Crippen molar-refractivity contribution in [1.29, 1.82) is 5.26 Å². The molecule has 1 rings (SSSR count). The molecule has 0 heterocycles. The van der Waals surface area contributed by atoms with Gasteiger partial charge in [-0.15, -0.1) is 0 Å². The molecule has 3 amide bonds. The van der Waals surface area contributed by atoms with Crippen LogP contribution in [0.1, 0.15) is 32.4 Å². The summed E-state index contributed by atoms with van der Waals surface area (Å²) in [5.41, 5.74) is -0.583. The summed E-state index contributed by atoms with van der Waals surface area (Å²) in [4.78, 5) is 49.7. The van der Waals surface area contributed by atoms with Crippen molar-refractivity contribution in [3.05, 3.63) is 29.8 Å². The number of amides is 3. The molecule has 1 aromatic carbocycles. The monoisotopic (exact) mass is 434 g/mol. The van der Waals surface area contributed by atoms with Gasteiger partial charge in [0.25, 0.3) is 0 Å². The number of esters is 1. The van der Waals surface area contributed by atoms with Crippen LogP contribution in [0.25, 0.3) is 0 Å². The number of phenols is 1. The highest BCUT2D eigenvalue weighted by atomic mass is 16.6. The molecule has 11 heteroatoms. The van der Waals surface area contributed by atoms with Crippen molar-refractivity contribution in [2.45, 2.75) is 32.4 Å². The Kier molecular flexibility index (Phi) is 9.27. The van der Waals surface area contributed by atoms with E-state index in [9.17, 15) is 29.5 Å². The van der Waals surface area contributed by atoms with E-state index < -0.39 is 55.2 Å². The maximum Gasteiger partial charge on any atom is 0.408 e. The van der Waals surface area contributed by atoms with Gasteiger partial charge in [0.15, 0.2) is 0 Å². The van der Waals surface area contributed by atoms with E-state index in [0.29, 0.717) is 0 Å². The van der Waals surface area contributed by atoms with Crippen LogP contribution in [-0.2, 0) is 23.9 Å². The number of nitriles is 1. The fourth-order valence-electron chi connectivity index (χ4n) is 2.46. The maximum atomic E-state index is 12.8. The Balaban J connectivity index is 3.13. The molecule has 0 fully saturated rings. The zero-order chi connectivity index (χ0) is 23.6. The minimum atomic E-state index is -1.36. The first kappa shape index (κ1) is 25.2. The number of nitrogens with one attached hydrogen (secondary N) is 2. The molecule has 1 atom stereocenters. The van der Waals surface area contributed by atoms with Gasteiger partial charge < -0.3 is 30.1 Å². The van der Waals surface area contributed by atoms with E-state index >= 15 is 0 Å². The van der Waals surface area contributed by atoms with Crippen LogP contribution in [0.4, 0.5) is 4.79 Å². The Morgan fingerprint density at radius 3 is 2.42 bits per heavy atom. The van der Waals surface area contributed by atoms with Gasteiger partial charge in [0.1, 0.15) is 37.0 Å². The van der Waals surface area contributed by atoms with Crippen molar-refractivity contribution in [1.82, 2.24) is 15.5 Å². The van der Waals surface area contributed by atoms with E-state index in [0.717, 1.165) is 12.0 Å². The van der Waals surface area contributed by atoms with Gasteiger partial charge in [-0.2, -0.15) is 5.26 Å². The number of hydrogen-bond donors (Lipinski definition) is 3. The van der Waals surface area contributed by atoms with Gasteiger partial charge in [-0.3, -0.25) is 14.4 Å². The van der Waals surface area contributed by atoms with E-state index in [-0.39, 0.29) is 11.3 Å². The molecule has 0 saturated heterocycles. The standard InChI is InChI=1S/C20H26N4O7/c1-20(2,3)31-19(29)23-11-15(26)24(9-8-21)17(13-6-5-7-14(25)10-13)18(28)22-12-16(27)30-4/h5-7,10,17,25H,9,11-12H2,1-4H3,(H,22,28)(H,23,29). The summed E-state index contributed by atoms with van der Waals surface area (Å²) < 4.78 is 9.54. The van der Waals surface area contributed by atoms with E-state index in [1.54, 1.807) is 26.8 Å². The summed E-state index contributed by atoms with van der Waals surface area (Å²) >= 11 is 0. The molecular weight excluding hydrogens is 408 g/mol. The number of carbonyl (C=O) groups excluding carboxylic acids is 4. The van der Waals surface area contributed by atoms with Gasteiger partial charge in [0.05, 0.1) is 13.2 Å². The second-order valence-electron chi connectivity index (χ2n) is 7.33. The normalized spacial score (nSPS) is 11.5. The number of rotatable bonds is 8. The molecule has 0 aromatic heterocycles. The fraction of sp³-hybridized carbons (Fsp3) is 0.450. The van der Waals surface area contributed by atoms with Crippen LogP contribution in [-0.4, -0.2) is 66.2 Å². The lowest BCUT2D eigenvalue weighted by Crippen LogP contribution is -2.48. The Labute approximate surface area is 179 Å². The van der Waals surface area contributed by atoms with Gasteiger partial charge >= 0.3 is 12.1 Å². The van der Waals surface area contributed by atoms with E-state index in [1.165, 1.54) is 24.3 Å². The van der Waals surface area contributed by atoms with Crippen molar-refractivity contribution in [3.8, 4) is 11.8 Å². The summed E-state index contributed by atoms with van der Waals surface area (Å²) in [5.74, 6) is -2.42. The van der Waals surface area contributed by atoms with Crippen molar-refractivity contribution in [2.75, 3.05) is 26.7 Å². The quantitative estimate of drug-likeness (QED) is 0.396. The minimum Gasteiger partial charge on any atom is -0.508 e. The molecule has 11 nitrogen and oxygen atoms in total. The second kappa shape index (κ2) is 11.4. The van der Waals surface area contributed by atoms with Crippen molar-refractivity contribution in [3.63, 3.8) is 0 Å². The van der Waals surface area contributed by atoms with Crippen molar-refractivity contribution >= 4 is 23.9 Å². The van der Waals surface area contributed by atoms with E-state index in [1.807, 2.05) is 0 Å². The highest BCUT2D eigenvalue weighted by Gasteiger charge is 2.32. The Morgan fingerprint density at radius 2 is 1.87 bits per heavy atom. The minimum absolute atomic E-state index is 0.167. The smallest absolute Gasteiger partial charge is 0.408 e. The molecule has 0 aliphatic heterocycles. The zero-order valence-corrected chi connectivity index (χ0v) is 17.8. The van der Waals surface area contributed by atoms with Crippen LogP contribution < -0.4 is 10.6 Å². The number of benzene rings is 1. The first-order chi connectivity index (χ1) is 14.5. The topological polar surface area (TPSA) is 158 Å². The predicted octanol–water partition coefficient (Wildman–Crippen LogP) is 0.599. The lowest BCUT2D eigenvalue weighted by atomic mass is 10.0. The number of nitrogens with zero attached hydrogens (tertiary/aromatic N) is 2. The van der Waals surface area contributed by atoms with E-state index in [2.05, 4.69) is 15.4 Å². The third kappa shape index (κ3) is 8.61. The van der Waals surface area contributed by atoms with Gasteiger partial charge in [-0.1, -0.05) is 12.1 Å².